The highest BCUT2D eigenvalue weighted by Crippen LogP contribution is 2.29. The van der Waals surface area contributed by atoms with Gasteiger partial charge >= 0.3 is 0 Å². The average Bonchev–Trinajstić information content (AvgIpc) is 2.95. The summed E-state index contributed by atoms with van der Waals surface area (Å²) in [6, 6.07) is 5.91. The number of nitrogens with zero attached hydrogens (tertiary/aromatic N) is 1. The molecule has 0 radical (unpaired) electrons. The molecule has 1 amide bonds. The molecule has 1 atom stereocenters. The Balaban J connectivity index is 2.03. The Hall–Kier alpha value is -1.81. The first-order chi connectivity index (χ1) is 9.08. The van der Waals surface area contributed by atoms with Crippen molar-refractivity contribution in [3.63, 3.8) is 0 Å². The Bertz CT molecular complexity index is 644. The van der Waals surface area contributed by atoms with Crippen molar-refractivity contribution in [3.8, 4) is 0 Å². The molecule has 0 aliphatic carbocycles. The number of rotatable bonds is 1. The van der Waals surface area contributed by atoms with Crippen molar-refractivity contribution in [2.75, 3.05) is 13.1 Å². The Kier molecular flexibility index (Phi) is 2.82. The van der Waals surface area contributed by atoms with Crippen LogP contribution in [0.1, 0.15) is 28.1 Å². The minimum Gasteiger partial charge on any atom is -0.450 e. The highest BCUT2D eigenvalue weighted by atomic mass is 16.3. The van der Waals surface area contributed by atoms with Gasteiger partial charge in [-0.15, -0.1) is 0 Å². The van der Waals surface area contributed by atoms with E-state index in [-0.39, 0.29) is 5.91 Å². The van der Waals surface area contributed by atoms with Crippen LogP contribution in [0, 0.1) is 13.8 Å². The fourth-order valence-electron chi connectivity index (χ4n) is 2.66. The van der Waals surface area contributed by atoms with Gasteiger partial charge in [-0.1, -0.05) is 18.2 Å². The van der Waals surface area contributed by atoms with Gasteiger partial charge in [-0.2, -0.15) is 0 Å². The number of benzene rings is 1. The predicted molar refractivity (Wildman–Crippen MR) is 72.2 cm³/mol. The Morgan fingerprint density at radius 2 is 2.21 bits per heavy atom. The lowest BCUT2D eigenvalue weighted by Crippen LogP contribution is -2.29. The molecule has 3 rings (SSSR count). The summed E-state index contributed by atoms with van der Waals surface area (Å²) in [5.74, 6) is 0.281. The molecule has 19 heavy (non-hydrogen) atoms. The molecule has 0 saturated carbocycles. The maximum absolute atomic E-state index is 12.4. The van der Waals surface area contributed by atoms with Gasteiger partial charge in [-0.05, 0) is 25.8 Å². The molecule has 2 heterocycles. The van der Waals surface area contributed by atoms with Gasteiger partial charge < -0.3 is 14.4 Å². The third-order valence-corrected chi connectivity index (χ3v) is 3.81. The van der Waals surface area contributed by atoms with E-state index in [2.05, 4.69) is 0 Å². The molecular weight excluding hydrogens is 242 g/mol. The molecule has 2 aromatic rings. The number of aliphatic hydroxyl groups excluding tert-OH is 1. The van der Waals surface area contributed by atoms with Crippen molar-refractivity contribution < 1.29 is 14.3 Å². The number of carbonyl (C=O) groups excluding carboxylic acids is 1. The topological polar surface area (TPSA) is 53.7 Å². The number of hydrogen-bond acceptors (Lipinski definition) is 3. The van der Waals surface area contributed by atoms with Gasteiger partial charge in [0, 0.05) is 24.0 Å². The van der Waals surface area contributed by atoms with Crippen LogP contribution in [-0.2, 0) is 0 Å². The molecule has 4 nitrogen and oxygen atoms in total. The van der Waals surface area contributed by atoms with Gasteiger partial charge in [-0.25, -0.2) is 0 Å². The number of hydrogen-bond donors (Lipinski definition) is 1. The number of para-hydroxylation sites is 1. The van der Waals surface area contributed by atoms with Crippen LogP contribution in [0.15, 0.2) is 22.6 Å². The van der Waals surface area contributed by atoms with Gasteiger partial charge in [0.2, 0.25) is 0 Å². The van der Waals surface area contributed by atoms with Crippen LogP contribution in [0.4, 0.5) is 0 Å². The number of aliphatic hydroxyl groups is 1. The summed E-state index contributed by atoms with van der Waals surface area (Å²) in [6.45, 7) is 4.87. The third-order valence-electron chi connectivity index (χ3n) is 3.81. The van der Waals surface area contributed by atoms with Crippen LogP contribution < -0.4 is 0 Å². The van der Waals surface area contributed by atoms with Crippen molar-refractivity contribution in [1.29, 1.82) is 0 Å². The summed E-state index contributed by atoms with van der Waals surface area (Å²) >= 11 is 0. The summed E-state index contributed by atoms with van der Waals surface area (Å²) in [4.78, 5) is 14.1. The lowest BCUT2D eigenvalue weighted by molar-refractivity contribution is 0.0735. The zero-order chi connectivity index (χ0) is 13.6. The molecule has 1 fully saturated rings. The molecule has 1 aliphatic rings. The van der Waals surface area contributed by atoms with Crippen molar-refractivity contribution in [2.45, 2.75) is 26.4 Å². The monoisotopic (exact) mass is 259 g/mol. The Morgan fingerprint density at radius 3 is 2.84 bits per heavy atom. The van der Waals surface area contributed by atoms with E-state index in [1.165, 1.54) is 0 Å². The van der Waals surface area contributed by atoms with Gasteiger partial charge in [-0.3, -0.25) is 4.79 Å². The van der Waals surface area contributed by atoms with Crippen LogP contribution in [0.3, 0.4) is 0 Å². The SMILES string of the molecule is Cc1c(C(=O)N2CC[C@@H](O)C2)oc2c(C)cccc12. The molecule has 0 unspecified atom stereocenters. The third kappa shape index (κ3) is 1.92. The predicted octanol–water partition coefficient (Wildman–Crippen LogP) is 2.26. The van der Waals surface area contributed by atoms with Crippen molar-refractivity contribution in [3.05, 3.63) is 35.1 Å². The fourth-order valence-corrected chi connectivity index (χ4v) is 2.66. The van der Waals surface area contributed by atoms with Crippen molar-refractivity contribution in [2.24, 2.45) is 0 Å². The minimum atomic E-state index is -0.407. The maximum Gasteiger partial charge on any atom is 0.289 e. The molecule has 1 saturated heterocycles. The molecule has 1 aromatic carbocycles. The van der Waals surface area contributed by atoms with Crippen LogP contribution in [-0.4, -0.2) is 35.1 Å². The maximum atomic E-state index is 12.4. The fraction of sp³-hybridized carbons (Fsp3) is 0.400. The zero-order valence-electron chi connectivity index (χ0n) is 11.1. The molecule has 4 heteroatoms. The van der Waals surface area contributed by atoms with E-state index in [0.717, 1.165) is 22.1 Å². The normalized spacial score (nSPS) is 19.3. The van der Waals surface area contributed by atoms with E-state index >= 15 is 0 Å². The zero-order valence-corrected chi connectivity index (χ0v) is 11.1. The van der Waals surface area contributed by atoms with Crippen molar-refractivity contribution in [1.82, 2.24) is 4.90 Å². The molecular formula is C15H17NO3. The first-order valence-electron chi connectivity index (χ1n) is 6.54. The van der Waals surface area contributed by atoms with Gasteiger partial charge in [0.15, 0.2) is 5.76 Å². The largest absolute Gasteiger partial charge is 0.450 e. The van der Waals surface area contributed by atoms with Gasteiger partial charge in [0.25, 0.3) is 5.91 Å². The summed E-state index contributed by atoms with van der Waals surface area (Å²) < 4.78 is 5.77. The van der Waals surface area contributed by atoms with Crippen LogP contribution in [0.25, 0.3) is 11.0 Å². The molecule has 1 aromatic heterocycles. The Morgan fingerprint density at radius 1 is 1.42 bits per heavy atom. The average molecular weight is 259 g/mol. The van der Waals surface area contributed by atoms with E-state index in [4.69, 9.17) is 4.42 Å². The number of carbonyl (C=O) groups is 1. The van der Waals surface area contributed by atoms with Crippen LogP contribution >= 0.6 is 0 Å². The summed E-state index contributed by atoms with van der Waals surface area (Å²) in [5, 5.41) is 10.5. The lowest BCUT2D eigenvalue weighted by Gasteiger charge is -2.13. The molecule has 0 bridgehead atoms. The van der Waals surface area contributed by atoms with E-state index in [9.17, 15) is 9.90 Å². The Labute approximate surface area is 111 Å². The molecule has 1 aliphatic heterocycles. The second kappa shape index (κ2) is 4.38. The second-order valence-electron chi connectivity index (χ2n) is 5.20. The number of amides is 1. The number of likely N-dealkylation sites (tertiary alicyclic amines) is 1. The van der Waals surface area contributed by atoms with E-state index in [1.807, 2.05) is 32.0 Å². The summed E-state index contributed by atoms with van der Waals surface area (Å²) in [5.41, 5.74) is 2.69. The second-order valence-corrected chi connectivity index (χ2v) is 5.20. The molecule has 100 valence electrons. The highest BCUT2D eigenvalue weighted by Gasteiger charge is 2.29. The smallest absolute Gasteiger partial charge is 0.289 e. The summed E-state index contributed by atoms with van der Waals surface area (Å²) in [6.07, 6.45) is 0.236. The van der Waals surface area contributed by atoms with Gasteiger partial charge in [0.05, 0.1) is 6.10 Å². The number of β-amino-alcohol motifs (C(OH)–C–C–N with tert-alkyl or cyclic N) is 1. The van der Waals surface area contributed by atoms with Crippen molar-refractivity contribution >= 4 is 16.9 Å². The van der Waals surface area contributed by atoms with Crippen LogP contribution in [0.2, 0.25) is 0 Å². The number of fused-ring (bicyclic) bond motifs is 1. The molecule has 1 N–H and O–H groups in total. The lowest BCUT2D eigenvalue weighted by atomic mass is 10.1. The van der Waals surface area contributed by atoms with E-state index < -0.39 is 6.10 Å². The molecule has 0 spiro atoms. The number of aryl methyl sites for hydroxylation is 2. The summed E-state index contributed by atoms with van der Waals surface area (Å²) in [7, 11) is 0. The highest BCUT2D eigenvalue weighted by molar-refractivity contribution is 5.99. The first kappa shape index (κ1) is 12.2. The van der Waals surface area contributed by atoms with E-state index in [1.54, 1.807) is 4.90 Å². The standard InChI is InChI=1S/C15H17NO3/c1-9-4-3-5-12-10(2)14(19-13(9)12)15(18)16-7-6-11(17)8-16/h3-5,11,17H,6-8H2,1-2H3/t11-/m1/s1. The van der Waals surface area contributed by atoms with Crippen LogP contribution in [0.5, 0.6) is 0 Å². The minimum absolute atomic E-state index is 0.121. The van der Waals surface area contributed by atoms with Gasteiger partial charge in [0.1, 0.15) is 5.58 Å². The quantitative estimate of drug-likeness (QED) is 0.854. The van der Waals surface area contributed by atoms with E-state index in [0.29, 0.717) is 25.3 Å². The first-order valence-corrected chi connectivity index (χ1v) is 6.54. The number of furan rings is 1.